The molecule has 0 unspecified atom stereocenters. The third-order valence-electron chi connectivity index (χ3n) is 2.04. The fraction of sp³-hybridized carbons (Fsp3) is 0.167. The molecule has 0 saturated heterocycles. The maximum atomic E-state index is 13.2. The van der Waals surface area contributed by atoms with E-state index >= 15 is 0 Å². The molecule has 4 nitrogen and oxygen atoms in total. The van der Waals surface area contributed by atoms with Crippen LogP contribution in [0.1, 0.15) is 5.56 Å². The van der Waals surface area contributed by atoms with Crippen LogP contribution in [0.4, 0.5) is 8.78 Å². The zero-order valence-electron chi connectivity index (χ0n) is 9.57. The van der Waals surface area contributed by atoms with Crippen molar-refractivity contribution < 1.29 is 23.1 Å². The zero-order valence-corrected chi connectivity index (χ0v) is 9.57. The molecule has 0 aliphatic heterocycles. The third kappa shape index (κ3) is 3.97. The van der Waals surface area contributed by atoms with Crippen LogP contribution in [-0.2, 0) is 14.3 Å². The summed E-state index contributed by atoms with van der Waals surface area (Å²) in [6.45, 7) is -0.306. The Hall–Kier alpha value is -2.24. The van der Waals surface area contributed by atoms with Crippen LogP contribution in [0.2, 0.25) is 0 Å². The lowest BCUT2D eigenvalue weighted by atomic mass is 10.2. The van der Waals surface area contributed by atoms with Crippen LogP contribution in [0, 0.1) is 11.6 Å². The van der Waals surface area contributed by atoms with Gasteiger partial charge in [0.2, 0.25) is 5.91 Å². The van der Waals surface area contributed by atoms with Gasteiger partial charge in [0.15, 0.2) is 0 Å². The molecule has 1 amide bonds. The van der Waals surface area contributed by atoms with Crippen molar-refractivity contribution in [2.75, 3.05) is 13.7 Å². The minimum Gasteiger partial charge on any atom is -0.468 e. The highest BCUT2D eigenvalue weighted by atomic mass is 19.1. The van der Waals surface area contributed by atoms with Gasteiger partial charge in [-0.05, 0) is 18.2 Å². The predicted molar refractivity (Wildman–Crippen MR) is 60.4 cm³/mol. The molecule has 0 spiro atoms. The van der Waals surface area contributed by atoms with E-state index in [4.69, 9.17) is 0 Å². The smallest absolute Gasteiger partial charge is 0.325 e. The van der Waals surface area contributed by atoms with Gasteiger partial charge in [-0.25, -0.2) is 8.78 Å². The van der Waals surface area contributed by atoms with E-state index < -0.39 is 23.5 Å². The number of esters is 1. The average Bonchev–Trinajstić information content (AvgIpc) is 2.35. The molecule has 96 valence electrons. The SMILES string of the molecule is COC(=O)CNC(=O)/C=C/c1c(F)cccc1F. The van der Waals surface area contributed by atoms with E-state index in [1.54, 1.807) is 0 Å². The number of hydrogen-bond donors (Lipinski definition) is 1. The van der Waals surface area contributed by atoms with Crippen LogP contribution in [-0.4, -0.2) is 25.5 Å². The highest BCUT2D eigenvalue weighted by Crippen LogP contribution is 2.13. The van der Waals surface area contributed by atoms with E-state index in [9.17, 15) is 18.4 Å². The molecule has 0 heterocycles. The van der Waals surface area contributed by atoms with Gasteiger partial charge in [-0.15, -0.1) is 0 Å². The lowest BCUT2D eigenvalue weighted by Gasteiger charge is -2.00. The lowest BCUT2D eigenvalue weighted by molar-refractivity contribution is -0.140. The van der Waals surface area contributed by atoms with Crippen LogP contribution in [0.5, 0.6) is 0 Å². The van der Waals surface area contributed by atoms with Crippen LogP contribution in [0.15, 0.2) is 24.3 Å². The Morgan fingerprint density at radius 1 is 1.33 bits per heavy atom. The molecule has 0 radical (unpaired) electrons. The Morgan fingerprint density at radius 2 is 1.94 bits per heavy atom. The van der Waals surface area contributed by atoms with Gasteiger partial charge in [-0.3, -0.25) is 9.59 Å². The molecule has 0 fully saturated rings. The van der Waals surface area contributed by atoms with Gasteiger partial charge in [-0.1, -0.05) is 6.07 Å². The van der Waals surface area contributed by atoms with Crippen molar-refractivity contribution in [2.24, 2.45) is 0 Å². The first-order valence-corrected chi connectivity index (χ1v) is 5.01. The van der Waals surface area contributed by atoms with Crippen LogP contribution in [0.25, 0.3) is 6.08 Å². The van der Waals surface area contributed by atoms with Crippen molar-refractivity contribution in [2.45, 2.75) is 0 Å². The quantitative estimate of drug-likeness (QED) is 0.651. The van der Waals surface area contributed by atoms with Crippen LogP contribution >= 0.6 is 0 Å². The van der Waals surface area contributed by atoms with Gasteiger partial charge in [0.25, 0.3) is 0 Å². The van der Waals surface area contributed by atoms with Crippen LogP contribution in [0.3, 0.4) is 0 Å². The van der Waals surface area contributed by atoms with E-state index in [0.29, 0.717) is 0 Å². The number of hydrogen-bond acceptors (Lipinski definition) is 3. The van der Waals surface area contributed by atoms with Gasteiger partial charge in [-0.2, -0.15) is 0 Å². The van der Waals surface area contributed by atoms with Gasteiger partial charge in [0, 0.05) is 11.6 Å². The summed E-state index contributed by atoms with van der Waals surface area (Å²) in [4.78, 5) is 21.9. The minimum absolute atomic E-state index is 0.306. The second kappa shape index (κ2) is 6.48. The number of ether oxygens (including phenoxy) is 1. The third-order valence-corrected chi connectivity index (χ3v) is 2.04. The normalized spacial score (nSPS) is 10.4. The Bertz CT molecular complexity index is 466. The van der Waals surface area contributed by atoms with E-state index in [0.717, 1.165) is 24.3 Å². The number of carbonyl (C=O) groups is 2. The van der Waals surface area contributed by atoms with Crippen molar-refractivity contribution in [1.29, 1.82) is 0 Å². The number of halogens is 2. The Balaban J connectivity index is 2.64. The summed E-state index contributed by atoms with van der Waals surface area (Å²) >= 11 is 0. The molecular weight excluding hydrogens is 244 g/mol. The van der Waals surface area contributed by atoms with E-state index in [-0.39, 0.29) is 12.1 Å². The van der Waals surface area contributed by atoms with E-state index in [1.165, 1.54) is 13.2 Å². The summed E-state index contributed by atoms with van der Waals surface area (Å²) in [5.74, 6) is -2.81. The monoisotopic (exact) mass is 255 g/mol. The van der Waals surface area contributed by atoms with Crippen molar-refractivity contribution in [3.8, 4) is 0 Å². The lowest BCUT2D eigenvalue weighted by Crippen LogP contribution is -2.28. The first-order chi connectivity index (χ1) is 8.54. The summed E-state index contributed by atoms with van der Waals surface area (Å²) < 4.78 is 30.6. The second-order valence-corrected chi connectivity index (χ2v) is 3.26. The molecule has 0 aliphatic rings. The summed E-state index contributed by atoms with van der Waals surface area (Å²) in [5, 5.41) is 2.20. The molecule has 0 aliphatic carbocycles. The highest BCUT2D eigenvalue weighted by molar-refractivity contribution is 5.93. The van der Waals surface area contributed by atoms with Crippen molar-refractivity contribution in [1.82, 2.24) is 5.32 Å². The topological polar surface area (TPSA) is 55.4 Å². The van der Waals surface area contributed by atoms with E-state index in [2.05, 4.69) is 10.1 Å². The number of nitrogens with one attached hydrogen (secondary N) is 1. The number of carbonyl (C=O) groups excluding carboxylic acids is 2. The van der Waals surface area contributed by atoms with Gasteiger partial charge < -0.3 is 10.1 Å². The fourth-order valence-corrected chi connectivity index (χ4v) is 1.12. The molecule has 1 aromatic carbocycles. The Kier molecular flexibility index (Phi) is 4.98. The molecule has 0 atom stereocenters. The first kappa shape index (κ1) is 13.8. The molecule has 0 aromatic heterocycles. The van der Waals surface area contributed by atoms with Crippen molar-refractivity contribution >= 4 is 18.0 Å². The molecule has 0 bridgehead atoms. The largest absolute Gasteiger partial charge is 0.468 e. The maximum absolute atomic E-state index is 13.2. The molecule has 18 heavy (non-hydrogen) atoms. The Morgan fingerprint density at radius 3 is 2.50 bits per heavy atom. The minimum atomic E-state index is -0.771. The zero-order chi connectivity index (χ0) is 13.5. The summed E-state index contributed by atoms with van der Waals surface area (Å²) in [5.41, 5.74) is -0.314. The number of amides is 1. The molecule has 1 aromatic rings. The summed E-state index contributed by atoms with van der Waals surface area (Å²) in [6.07, 6.45) is 1.93. The molecular formula is C12H11F2NO3. The number of rotatable bonds is 4. The van der Waals surface area contributed by atoms with Gasteiger partial charge >= 0.3 is 5.97 Å². The molecule has 1 rings (SSSR count). The molecule has 0 saturated carbocycles. The fourth-order valence-electron chi connectivity index (χ4n) is 1.12. The second-order valence-electron chi connectivity index (χ2n) is 3.26. The number of benzene rings is 1. The van der Waals surface area contributed by atoms with Gasteiger partial charge in [0.05, 0.1) is 7.11 Å². The molecule has 1 N–H and O–H groups in total. The van der Waals surface area contributed by atoms with E-state index in [1.807, 2.05) is 0 Å². The highest BCUT2D eigenvalue weighted by Gasteiger charge is 2.06. The van der Waals surface area contributed by atoms with Gasteiger partial charge in [0.1, 0.15) is 18.2 Å². The first-order valence-electron chi connectivity index (χ1n) is 5.01. The average molecular weight is 255 g/mol. The van der Waals surface area contributed by atoms with Crippen molar-refractivity contribution in [3.63, 3.8) is 0 Å². The Labute approximate surface area is 102 Å². The summed E-state index contributed by atoms with van der Waals surface area (Å²) in [7, 11) is 1.18. The van der Waals surface area contributed by atoms with Crippen LogP contribution < -0.4 is 5.32 Å². The standard InChI is InChI=1S/C12H11F2NO3/c1-18-12(17)7-15-11(16)6-5-8-9(13)3-2-4-10(8)14/h2-6H,7H2,1H3,(H,15,16)/b6-5+. The number of methoxy groups -OCH3 is 1. The van der Waals surface area contributed by atoms with Crippen molar-refractivity contribution in [3.05, 3.63) is 41.5 Å². The summed E-state index contributed by atoms with van der Waals surface area (Å²) in [6, 6.07) is 3.38. The predicted octanol–water partition coefficient (Wildman–Crippen LogP) is 1.27. The molecule has 6 heteroatoms. The maximum Gasteiger partial charge on any atom is 0.325 e.